The molecule has 0 atom stereocenters. The average molecular weight is 286 g/mol. The van der Waals surface area contributed by atoms with Crippen molar-refractivity contribution in [2.24, 2.45) is 0 Å². The predicted octanol–water partition coefficient (Wildman–Crippen LogP) is 2.21. The van der Waals surface area contributed by atoms with E-state index in [1.54, 1.807) is 0 Å². The standard InChI is InChI=1S/C12H8F2O4S/c13-8-3-4-9(14)12(6-8)19(16,17)7-10(15)11-2-1-5-18-11/h1-6H,7H2. The highest BCUT2D eigenvalue weighted by atomic mass is 32.2. The van der Waals surface area contributed by atoms with Crippen LogP contribution in [0.5, 0.6) is 0 Å². The number of furan rings is 1. The summed E-state index contributed by atoms with van der Waals surface area (Å²) >= 11 is 0. The van der Waals surface area contributed by atoms with Crippen molar-refractivity contribution in [3.05, 3.63) is 54.0 Å². The summed E-state index contributed by atoms with van der Waals surface area (Å²) in [6, 6.07) is 4.74. The van der Waals surface area contributed by atoms with Gasteiger partial charge in [-0.1, -0.05) is 0 Å². The Labute approximate surface area is 107 Å². The van der Waals surface area contributed by atoms with Gasteiger partial charge in [0.2, 0.25) is 5.78 Å². The Balaban J connectivity index is 2.33. The highest BCUT2D eigenvalue weighted by molar-refractivity contribution is 7.92. The molecule has 1 aromatic carbocycles. The van der Waals surface area contributed by atoms with Crippen LogP contribution in [0.25, 0.3) is 0 Å². The van der Waals surface area contributed by atoms with Crippen LogP contribution in [0, 0.1) is 11.6 Å². The Morgan fingerprint density at radius 2 is 1.95 bits per heavy atom. The van der Waals surface area contributed by atoms with Crippen molar-refractivity contribution in [1.29, 1.82) is 0 Å². The molecule has 0 saturated carbocycles. The number of Topliss-reactive ketones (excluding diaryl/α,β-unsaturated/α-hetero) is 1. The maximum atomic E-state index is 13.4. The van der Waals surface area contributed by atoms with E-state index in [1.807, 2.05) is 0 Å². The fraction of sp³-hybridized carbons (Fsp3) is 0.0833. The van der Waals surface area contributed by atoms with Gasteiger partial charge in [0.15, 0.2) is 15.6 Å². The normalized spacial score (nSPS) is 11.5. The van der Waals surface area contributed by atoms with E-state index in [2.05, 4.69) is 0 Å². The van der Waals surface area contributed by atoms with Gasteiger partial charge in [-0.25, -0.2) is 17.2 Å². The molecule has 4 nitrogen and oxygen atoms in total. The maximum absolute atomic E-state index is 13.4. The second kappa shape index (κ2) is 4.93. The number of ketones is 1. The molecule has 2 rings (SSSR count). The first-order chi connectivity index (χ1) is 8.90. The minimum atomic E-state index is -4.26. The van der Waals surface area contributed by atoms with Gasteiger partial charge in [-0.2, -0.15) is 0 Å². The average Bonchev–Trinajstić information content (AvgIpc) is 2.85. The van der Waals surface area contributed by atoms with Crippen molar-refractivity contribution in [3.63, 3.8) is 0 Å². The monoisotopic (exact) mass is 286 g/mol. The third kappa shape index (κ3) is 2.87. The molecule has 2 aromatic rings. The van der Waals surface area contributed by atoms with Crippen molar-refractivity contribution < 1.29 is 26.4 Å². The molecule has 0 amide bonds. The van der Waals surface area contributed by atoms with E-state index in [1.165, 1.54) is 18.4 Å². The topological polar surface area (TPSA) is 64.3 Å². The van der Waals surface area contributed by atoms with E-state index in [4.69, 9.17) is 4.42 Å². The van der Waals surface area contributed by atoms with Crippen LogP contribution >= 0.6 is 0 Å². The van der Waals surface area contributed by atoms with Crippen LogP contribution in [-0.4, -0.2) is 20.0 Å². The first kappa shape index (κ1) is 13.4. The van der Waals surface area contributed by atoms with E-state index >= 15 is 0 Å². The molecule has 0 unspecified atom stereocenters. The first-order valence-corrected chi connectivity index (χ1v) is 6.80. The molecule has 100 valence electrons. The number of hydrogen-bond acceptors (Lipinski definition) is 4. The number of rotatable bonds is 4. The number of hydrogen-bond donors (Lipinski definition) is 0. The summed E-state index contributed by atoms with van der Waals surface area (Å²) in [6.07, 6.45) is 1.21. The molecular formula is C12H8F2O4S. The summed E-state index contributed by atoms with van der Waals surface area (Å²) in [4.78, 5) is 10.8. The van der Waals surface area contributed by atoms with Crippen LogP contribution in [0.2, 0.25) is 0 Å². The summed E-state index contributed by atoms with van der Waals surface area (Å²) in [7, 11) is -4.26. The minimum absolute atomic E-state index is 0.152. The third-order valence-corrected chi connectivity index (χ3v) is 3.97. The summed E-state index contributed by atoms with van der Waals surface area (Å²) in [5.41, 5.74) is 0. The van der Waals surface area contributed by atoms with Crippen molar-refractivity contribution in [3.8, 4) is 0 Å². The van der Waals surface area contributed by atoms with E-state index < -0.39 is 37.9 Å². The molecule has 0 aliphatic carbocycles. The summed E-state index contributed by atoms with van der Waals surface area (Å²) in [6.45, 7) is 0. The lowest BCUT2D eigenvalue weighted by Crippen LogP contribution is -2.17. The summed E-state index contributed by atoms with van der Waals surface area (Å²) in [5.74, 6) is -3.96. The Kier molecular flexibility index (Phi) is 3.48. The van der Waals surface area contributed by atoms with Gasteiger partial charge in [-0.15, -0.1) is 0 Å². The quantitative estimate of drug-likeness (QED) is 0.808. The fourth-order valence-corrected chi connectivity index (χ4v) is 2.77. The van der Waals surface area contributed by atoms with Gasteiger partial charge < -0.3 is 4.42 Å². The lowest BCUT2D eigenvalue weighted by Gasteiger charge is -2.04. The Bertz CT molecular complexity index is 705. The van der Waals surface area contributed by atoms with Crippen molar-refractivity contribution in [2.45, 2.75) is 4.90 Å². The second-order valence-electron chi connectivity index (χ2n) is 3.73. The van der Waals surface area contributed by atoms with Gasteiger partial charge in [-0.05, 0) is 30.3 Å². The molecule has 0 fully saturated rings. The molecule has 0 saturated heterocycles. The number of sulfone groups is 1. The molecular weight excluding hydrogens is 278 g/mol. The highest BCUT2D eigenvalue weighted by Gasteiger charge is 2.25. The van der Waals surface area contributed by atoms with Crippen LogP contribution < -0.4 is 0 Å². The molecule has 0 aliphatic rings. The van der Waals surface area contributed by atoms with Crippen LogP contribution in [0.3, 0.4) is 0 Å². The van der Waals surface area contributed by atoms with Crippen molar-refractivity contribution in [2.75, 3.05) is 5.75 Å². The van der Waals surface area contributed by atoms with Gasteiger partial charge in [0, 0.05) is 0 Å². The van der Waals surface area contributed by atoms with Gasteiger partial charge in [-0.3, -0.25) is 4.79 Å². The Hall–Kier alpha value is -2.02. The van der Waals surface area contributed by atoms with Crippen molar-refractivity contribution in [1.82, 2.24) is 0 Å². The molecule has 1 heterocycles. The number of halogens is 2. The minimum Gasteiger partial charge on any atom is -0.461 e. The zero-order valence-corrected chi connectivity index (χ0v) is 10.3. The third-order valence-electron chi connectivity index (χ3n) is 2.35. The lowest BCUT2D eigenvalue weighted by atomic mass is 10.3. The number of benzene rings is 1. The van der Waals surface area contributed by atoms with Gasteiger partial charge >= 0.3 is 0 Å². The van der Waals surface area contributed by atoms with E-state index in [-0.39, 0.29) is 5.76 Å². The van der Waals surface area contributed by atoms with Gasteiger partial charge in [0.25, 0.3) is 0 Å². The predicted molar refractivity (Wildman–Crippen MR) is 61.4 cm³/mol. The Morgan fingerprint density at radius 3 is 2.58 bits per heavy atom. The molecule has 0 bridgehead atoms. The van der Waals surface area contributed by atoms with Crippen LogP contribution in [0.4, 0.5) is 8.78 Å². The smallest absolute Gasteiger partial charge is 0.213 e. The molecule has 0 spiro atoms. The van der Waals surface area contributed by atoms with E-state index in [0.717, 1.165) is 6.07 Å². The highest BCUT2D eigenvalue weighted by Crippen LogP contribution is 2.18. The lowest BCUT2D eigenvalue weighted by molar-refractivity contribution is 0.0990. The van der Waals surface area contributed by atoms with Crippen LogP contribution in [0.15, 0.2) is 45.9 Å². The first-order valence-electron chi connectivity index (χ1n) is 5.14. The van der Waals surface area contributed by atoms with E-state index in [0.29, 0.717) is 12.1 Å². The van der Waals surface area contributed by atoms with Crippen molar-refractivity contribution >= 4 is 15.6 Å². The zero-order chi connectivity index (χ0) is 14.0. The SMILES string of the molecule is O=C(CS(=O)(=O)c1cc(F)ccc1F)c1ccco1. The zero-order valence-electron chi connectivity index (χ0n) is 9.47. The summed E-state index contributed by atoms with van der Waals surface area (Å²) < 4.78 is 54.8. The van der Waals surface area contributed by atoms with E-state index in [9.17, 15) is 22.0 Å². The van der Waals surface area contributed by atoms with Crippen LogP contribution in [0.1, 0.15) is 10.6 Å². The number of carbonyl (C=O) groups is 1. The number of carbonyl (C=O) groups excluding carboxylic acids is 1. The Morgan fingerprint density at radius 1 is 1.21 bits per heavy atom. The molecule has 19 heavy (non-hydrogen) atoms. The maximum Gasteiger partial charge on any atom is 0.213 e. The molecule has 0 radical (unpaired) electrons. The molecule has 0 aliphatic heterocycles. The molecule has 1 aromatic heterocycles. The van der Waals surface area contributed by atoms with Crippen LogP contribution in [-0.2, 0) is 9.84 Å². The van der Waals surface area contributed by atoms with Gasteiger partial charge in [0.1, 0.15) is 22.3 Å². The summed E-state index contributed by atoms with van der Waals surface area (Å²) in [5, 5.41) is 0. The largest absolute Gasteiger partial charge is 0.461 e. The van der Waals surface area contributed by atoms with Gasteiger partial charge in [0.05, 0.1) is 6.26 Å². The second-order valence-corrected chi connectivity index (χ2v) is 5.69. The fourth-order valence-electron chi connectivity index (χ4n) is 1.47. The molecule has 7 heteroatoms. The molecule has 0 N–H and O–H groups in total.